The lowest BCUT2D eigenvalue weighted by Gasteiger charge is -2.24. The van der Waals surface area contributed by atoms with Crippen molar-refractivity contribution in [1.29, 1.82) is 0 Å². The zero-order chi connectivity index (χ0) is 20.5. The van der Waals surface area contributed by atoms with Crippen LogP contribution in [-0.2, 0) is 0 Å². The molecule has 0 radical (unpaired) electrons. The lowest BCUT2D eigenvalue weighted by molar-refractivity contribution is -0.299. The van der Waals surface area contributed by atoms with Gasteiger partial charge in [0.15, 0.2) is 0 Å². The number of nitrogens with zero attached hydrogens (tertiary/aromatic N) is 1. The van der Waals surface area contributed by atoms with Gasteiger partial charge in [0, 0.05) is 17.0 Å². The van der Waals surface area contributed by atoms with Crippen molar-refractivity contribution in [1.82, 2.24) is 4.98 Å². The summed E-state index contributed by atoms with van der Waals surface area (Å²) in [5, 5.41) is 0.0401. The summed E-state index contributed by atoms with van der Waals surface area (Å²) in [5.41, 5.74) is 0.848. The number of benzene rings is 2. The quantitative estimate of drug-likeness (QED) is 0.519. The van der Waals surface area contributed by atoms with Crippen molar-refractivity contribution in [2.45, 2.75) is 18.5 Å². The molecule has 0 unspecified atom stereocenters. The van der Waals surface area contributed by atoms with Gasteiger partial charge in [0.1, 0.15) is 11.5 Å². The Balaban J connectivity index is 2.12. The normalized spacial score (nSPS) is 12.4. The molecule has 0 bridgehead atoms. The number of aromatic nitrogens is 1. The summed E-state index contributed by atoms with van der Waals surface area (Å²) in [4.78, 5) is 4.31. The third kappa shape index (κ3) is 4.13. The summed E-state index contributed by atoms with van der Waals surface area (Å²) < 4.78 is 87.1. The van der Waals surface area contributed by atoms with Crippen molar-refractivity contribution in [3.8, 4) is 22.8 Å². The number of para-hydroxylation sites is 1. The maximum absolute atomic E-state index is 12.9. The van der Waals surface area contributed by atoms with E-state index in [1.54, 1.807) is 30.3 Å². The molecule has 0 aliphatic carbocycles. The first kappa shape index (κ1) is 19.8. The van der Waals surface area contributed by atoms with E-state index in [0.717, 1.165) is 6.07 Å². The van der Waals surface area contributed by atoms with Crippen molar-refractivity contribution < 1.29 is 35.8 Å². The highest BCUT2D eigenvalue weighted by Crippen LogP contribution is 2.39. The second-order valence-electron chi connectivity index (χ2n) is 5.83. The Labute approximate surface area is 155 Å². The van der Waals surface area contributed by atoms with Gasteiger partial charge in [-0.05, 0) is 36.4 Å². The van der Waals surface area contributed by atoms with Gasteiger partial charge in [0.05, 0.1) is 18.3 Å². The molecule has 0 fully saturated rings. The highest BCUT2D eigenvalue weighted by Gasteiger charge is 2.59. The van der Waals surface area contributed by atoms with Gasteiger partial charge in [-0.15, -0.1) is 0 Å². The highest BCUT2D eigenvalue weighted by molar-refractivity contribution is 5.88. The number of methoxy groups -OCH3 is 1. The minimum absolute atomic E-state index is 0.0401. The van der Waals surface area contributed by atoms with E-state index in [1.807, 2.05) is 0 Å². The maximum Gasteiger partial charge on any atom is 0.434 e. The molecule has 0 aliphatic heterocycles. The third-order valence-electron chi connectivity index (χ3n) is 3.90. The van der Waals surface area contributed by atoms with Crippen LogP contribution >= 0.6 is 0 Å². The van der Waals surface area contributed by atoms with E-state index >= 15 is 0 Å². The van der Waals surface area contributed by atoms with Gasteiger partial charge < -0.3 is 9.47 Å². The number of hydrogen-bond donors (Lipinski definition) is 0. The molecule has 3 nitrogen and oxygen atoms in total. The maximum atomic E-state index is 12.9. The van der Waals surface area contributed by atoms with E-state index < -0.39 is 24.2 Å². The number of rotatable bonds is 4. The topological polar surface area (TPSA) is 31.4 Å². The summed E-state index contributed by atoms with van der Waals surface area (Å²) in [5.74, 6) is -0.0220. The molecular weight excluding hydrogens is 388 g/mol. The molecule has 0 N–H and O–H groups in total. The molecule has 0 saturated carbocycles. The zero-order valence-corrected chi connectivity index (χ0v) is 14.3. The molecule has 28 heavy (non-hydrogen) atoms. The van der Waals surface area contributed by atoms with Gasteiger partial charge in [-0.1, -0.05) is 12.1 Å². The molecule has 0 amide bonds. The molecule has 0 aliphatic rings. The molecule has 9 heteroatoms. The molecule has 3 aromatic rings. The average Bonchev–Trinajstić information content (AvgIpc) is 2.64. The minimum Gasteiger partial charge on any atom is -0.497 e. The Morgan fingerprint density at radius 2 is 1.46 bits per heavy atom. The number of ether oxygens (including phenoxy) is 2. The number of hydrogen-bond acceptors (Lipinski definition) is 3. The molecule has 0 spiro atoms. The summed E-state index contributed by atoms with van der Waals surface area (Å²) in [6, 6.07) is 13.3. The van der Waals surface area contributed by atoms with Crippen LogP contribution in [-0.4, -0.2) is 30.6 Å². The van der Waals surface area contributed by atoms with Gasteiger partial charge in [-0.3, -0.25) is 0 Å². The van der Waals surface area contributed by atoms with E-state index in [0.29, 0.717) is 11.3 Å². The SMILES string of the molecule is COc1ccc(-c2cc(OC(C(F)(F)F)C(F)(F)F)c3ccccc3n2)cc1. The van der Waals surface area contributed by atoms with Crippen LogP contribution in [0.1, 0.15) is 0 Å². The number of fused-ring (bicyclic) bond motifs is 1. The fourth-order valence-electron chi connectivity index (χ4n) is 2.60. The smallest absolute Gasteiger partial charge is 0.434 e. The van der Waals surface area contributed by atoms with Crippen molar-refractivity contribution >= 4 is 10.9 Å². The molecule has 0 atom stereocenters. The summed E-state index contributed by atoms with van der Waals surface area (Å²) in [6.07, 6.45) is -15.2. The van der Waals surface area contributed by atoms with E-state index in [4.69, 9.17) is 4.74 Å². The second-order valence-corrected chi connectivity index (χ2v) is 5.83. The van der Waals surface area contributed by atoms with Gasteiger partial charge in [-0.2, -0.15) is 26.3 Å². The van der Waals surface area contributed by atoms with Crippen LogP contribution < -0.4 is 9.47 Å². The average molecular weight is 401 g/mol. The van der Waals surface area contributed by atoms with Crippen LogP contribution in [0.3, 0.4) is 0 Å². The summed E-state index contributed by atoms with van der Waals surface area (Å²) in [7, 11) is 1.46. The monoisotopic (exact) mass is 401 g/mol. The van der Waals surface area contributed by atoms with Crippen LogP contribution in [0.4, 0.5) is 26.3 Å². The van der Waals surface area contributed by atoms with Crippen molar-refractivity contribution in [2.75, 3.05) is 7.11 Å². The van der Waals surface area contributed by atoms with E-state index in [9.17, 15) is 26.3 Å². The standard InChI is InChI=1S/C19H13F6NO2/c1-27-12-8-6-11(7-9-12)15-10-16(13-4-2-3-5-14(13)26-15)28-17(18(20,21)22)19(23,24)25/h2-10,17H,1H3. The molecule has 148 valence electrons. The molecule has 1 heterocycles. The first-order chi connectivity index (χ1) is 13.1. The molecule has 2 aromatic carbocycles. The van der Waals surface area contributed by atoms with Crippen LogP contribution in [0, 0.1) is 0 Å². The Kier molecular flexibility index (Phi) is 5.10. The van der Waals surface area contributed by atoms with Crippen molar-refractivity contribution in [3.05, 3.63) is 54.6 Å². The van der Waals surface area contributed by atoms with E-state index in [1.165, 1.54) is 25.3 Å². The van der Waals surface area contributed by atoms with Crippen LogP contribution in [0.25, 0.3) is 22.2 Å². The van der Waals surface area contributed by atoms with Gasteiger partial charge in [0.2, 0.25) is 0 Å². The lowest BCUT2D eigenvalue weighted by Crippen LogP contribution is -2.46. The predicted molar refractivity (Wildman–Crippen MR) is 90.3 cm³/mol. The van der Waals surface area contributed by atoms with Gasteiger partial charge >= 0.3 is 12.4 Å². The molecule has 1 aromatic heterocycles. The summed E-state index contributed by atoms with van der Waals surface area (Å²) in [6.45, 7) is 0. The minimum atomic E-state index is -5.62. The Morgan fingerprint density at radius 3 is 2.04 bits per heavy atom. The Hall–Kier alpha value is -2.97. The fourth-order valence-corrected chi connectivity index (χ4v) is 2.60. The Morgan fingerprint density at radius 1 is 0.857 bits per heavy atom. The Bertz CT molecular complexity index is 953. The van der Waals surface area contributed by atoms with Gasteiger partial charge in [0.25, 0.3) is 6.10 Å². The molecule has 3 rings (SSSR count). The van der Waals surface area contributed by atoms with Crippen LogP contribution in [0.15, 0.2) is 54.6 Å². The van der Waals surface area contributed by atoms with E-state index in [-0.39, 0.29) is 16.6 Å². The largest absolute Gasteiger partial charge is 0.497 e. The predicted octanol–water partition coefficient (Wildman–Crippen LogP) is 5.78. The lowest BCUT2D eigenvalue weighted by atomic mass is 10.1. The summed E-state index contributed by atoms with van der Waals surface area (Å²) >= 11 is 0. The molecule has 0 saturated heterocycles. The first-order valence-electron chi connectivity index (χ1n) is 7.94. The van der Waals surface area contributed by atoms with Crippen LogP contribution in [0.2, 0.25) is 0 Å². The van der Waals surface area contributed by atoms with Crippen molar-refractivity contribution in [3.63, 3.8) is 0 Å². The number of halogens is 6. The third-order valence-corrected chi connectivity index (χ3v) is 3.90. The van der Waals surface area contributed by atoms with Crippen LogP contribution in [0.5, 0.6) is 11.5 Å². The fraction of sp³-hybridized carbons (Fsp3) is 0.211. The zero-order valence-electron chi connectivity index (χ0n) is 14.3. The number of alkyl halides is 6. The molecular formula is C19H13F6NO2. The van der Waals surface area contributed by atoms with Gasteiger partial charge in [-0.25, -0.2) is 4.98 Å². The first-order valence-corrected chi connectivity index (χ1v) is 7.94. The second kappa shape index (κ2) is 7.21. The highest BCUT2D eigenvalue weighted by atomic mass is 19.4. The number of pyridine rings is 1. The van der Waals surface area contributed by atoms with Crippen molar-refractivity contribution in [2.24, 2.45) is 0 Å². The van der Waals surface area contributed by atoms with E-state index in [2.05, 4.69) is 9.72 Å².